The Hall–Kier alpha value is -1.63. The Morgan fingerprint density at radius 2 is 2.18 bits per heavy atom. The molecule has 8 heteroatoms. The molecule has 1 aromatic carbocycles. The zero-order valence-corrected chi connectivity index (χ0v) is 18.0. The van der Waals surface area contributed by atoms with Gasteiger partial charge >= 0.3 is 0 Å². The van der Waals surface area contributed by atoms with E-state index in [1.165, 1.54) is 6.07 Å². The molecule has 0 saturated carbocycles. The summed E-state index contributed by atoms with van der Waals surface area (Å²) in [5.41, 5.74) is 1.19. The van der Waals surface area contributed by atoms with Crippen LogP contribution >= 0.6 is 24.8 Å². The molecular formula is C20H29Cl2FN4O. The third-order valence-electron chi connectivity index (χ3n) is 4.98. The molecule has 1 N–H and O–H groups in total. The molecule has 1 amide bonds. The second kappa shape index (κ2) is 11.4. The van der Waals surface area contributed by atoms with Gasteiger partial charge in [-0.15, -0.1) is 24.8 Å². The fourth-order valence-corrected chi connectivity index (χ4v) is 3.50. The van der Waals surface area contributed by atoms with Crippen LogP contribution in [0.2, 0.25) is 0 Å². The van der Waals surface area contributed by atoms with E-state index in [0.717, 1.165) is 43.7 Å². The van der Waals surface area contributed by atoms with Gasteiger partial charge in [-0.05, 0) is 56.0 Å². The highest BCUT2D eigenvalue weighted by Gasteiger charge is 2.22. The third-order valence-corrected chi connectivity index (χ3v) is 4.98. The lowest BCUT2D eigenvalue weighted by molar-refractivity contribution is 0.0732. The van der Waals surface area contributed by atoms with Crippen molar-refractivity contribution in [3.63, 3.8) is 0 Å². The van der Waals surface area contributed by atoms with Crippen LogP contribution < -0.4 is 5.32 Å². The summed E-state index contributed by atoms with van der Waals surface area (Å²) >= 11 is 0. The summed E-state index contributed by atoms with van der Waals surface area (Å²) in [7, 11) is 1.90. The smallest absolute Gasteiger partial charge is 0.257 e. The first-order valence-corrected chi connectivity index (χ1v) is 9.33. The van der Waals surface area contributed by atoms with Gasteiger partial charge in [-0.25, -0.2) is 9.37 Å². The van der Waals surface area contributed by atoms with Crippen LogP contribution in [0.1, 0.15) is 41.5 Å². The Kier molecular flexibility index (Phi) is 9.93. The van der Waals surface area contributed by atoms with Crippen LogP contribution in [0.15, 0.2) is 30.6 Å². The van der Waals surface area contributed by atoms with Crippen molar-refractivity contribution < 1.29 is 9.18 Å². The maximum Gasteiger partial charge on any atom is 0.257 e. The lowest BCUT2D eigenvalue weighted by Gasteiger charge is -2.22. The van der Waals surface area contributed by atoms with Gasteiger partial charge in [-0.2, -0.15) is 0 Å². The number of nitrogens with zero attached hydrogens (tertiary/aromatic N) is 3. The SMILES string of the molecule is CCCN(Cc1nccn1C)C(=O)c1cc(CC2CCNC2)ccc1F.Cl.Cl. The number of halogens is 3. The van der Waals surface area contributed by atoms with E-state index in [2.05, 4.69) is 10.3 Å². The number of aryl methyl sites for hydroxylation is 1. The lowest BCUT2D eigenvalue weighted by Crippen LogP contribution is -2.33. The number of carbonyl (C=O) groups excluding carboxylic acids is 1. The quantitative estimate of drug-likeness (QED) is 0.729. The van der Waals surface area contributed by atoms with Crippen LogP contribution in [-0.4, -0.2) is 40.0 Å². The van der Waals surface area contributed by atoms with E-state index < -0.39 is 5.82 Å². The number of rotatable bonds is 7. The summed E-state index contributed by atoms with van der Waals surface area (Å²) in [6.07, 6.45) is 6.37. The molecule has 156 valence electrons. The monoisotopic (exact) mass is 430 g/mol. The first kappa shape index (κ1) is 24.4. The Morgan fingerprint density at radius 1 is 1.39 bits per heavy atom. The number of aromatic nitrogens is 2. The predicted octanol–water partition coefficient (Wildman–Crippen LogP) is 3.61. The molecule has 0 spiro atoms. The summed E-state index contributed by atoms with van der Waals surface area (Å²) in [5.74, 6) is 0.631. The molecule has 1 atom stereocenters. The van der Waals surface area contributed by atoms with Crippen LogP contribution in [0.5, 0.6) is 0 Å². The van der Waals surface area contributed by atoms with Crippen molar-refractivity contribution in [2.75, 3.05) is 19.6 Å². The molecule has 1 aromatic heterocycles. The predicted molar refractivity (Wildman–Crippen MR) is 114 cm³/mol. The Labute approximate surface area is 178 Å². The summed E-state index contributed by atoms with van der Waals surface area (Å²) in [6.45, 7) is 4.99. The highest BCUT2D eigenvalue weighted by molar-refractivity contribution is 5.94. The van der Waals surface area contributed by atoms with Crippen molar-refractivity contribution in [1.82, 2.24) is 19.8 Å². The number of benzene rings is 1. The Balaban J connectivity index is 0.00000196. The van der Waals surface area contributed by atoms with Gasteiger partial charge in [-0.1, -0.05) is 13.0 Å². The van der Waals surface area contributed by atoms with Gasteiger partial charge in [0.25, 0.3) is 5.91 Å². The van der Waals surface area contributed by atoms with Crippen molar-refractivity contribution in [2.24, 2.45) is 13.0 Å². The third kappa shape index (κ3) is 5.93. The van der Waals surface area contributed by atoms with Crippen LogP contribution in [-0.2, 0) is 20.0 Å². The largest absolute Gasteiger partial charge is 0.337 e. The molecular weight excluding hydrogens is 402 g/mol. The highest BCUT2D eigenvalue weighted by Crippen LogP contribution is 2.20. The first-order chi connectivity index (χ1) is 12.6. The number of amides is 1. The van der Waals surface area contributed by atoms with Crippen LogP contribution in [0.4, 0.5) is 4.39 Å². The number of imidazole rings is 1. The van der Waals surface area contributed by atoms with Crippen molar-refractivity contribution in [3.8, 4) is 0 Å². The van der Waals surface area contributed by atoms with E-state index in [1.54, 1.807) is 23.2 Å². The number of nitrogens with one attached hydrogen (secondary N) is 1. The molecule has 5 nitrogen and oxygen atoms in total. The van der Waals surface area contributed by atoms with Gasteiger partial charge in [0.15, 0.2) is 0 Å². The molecule has 1 aliphatic rings. The molecule has 2 aromatic rings. The molecule has 2 heterocycles. The van der Waals surface area contributed by atoms with Crippen LogP contribution in [0, 0.1) is 11.7 Å². The second-order valence-corrected chi connectivity index (χ2v) is 7.06. The maximum atomic E-state index is 14.4. The van der Waals surface area contributed by atoms with Gasteiger partial charge in [0, 0.05) is 26.0 Å². The second-order valence-electron chi connectivity index (χ2n) is 7.06. The summed E-state index contributed by atoms with van der Waals surface area (Å²) in [6, 6.07) is 4.96. The summed E-state index contributed by atoms with van der Waals surface area (Å²) in [5, 5.41) is 3.35. The van der Waals surface area contributed by atoms with Gasteiger partial charge in [0.2, 0.25) is 0 Å². The normalized spacial score (nSPS) is 15.6. The minimum absolute atomic E-state index is 0. The topological polar surface area (TPSA) is 50.2 Å². The summed E-state index contributed by atoms with van der Waals surface area (Å²) < 4.78 is 16.3. The van der Waals surface area contributed by atoms with E-state index in [-0.39, 0.29) is 36.3 Å². The molecule has 3 rings (SSSR count). The molecule has 0 aliphatic carbocycles. The van der Waals surface area contributed by atoms with Crippen molar-refractivity contribution in [2.45, 2.75) is 32.7 Å². The number of hydrogen-bond donors (Lipinski definition) is 1. The average Bonchev–Trinajstić information content (AvgIpc) is 3.28. The number of hydrogen-bond acceptors (Lipinski definition) is 3. The first-order valence-electron chi connectivity index (χ1n) is 9.33. The van der Waals surface area contributed by atoms with E-state index >= 15 is 0 Å². The molecule has 28 heavy (non-hydrogen) atoms. The minimum Gasteiger partial charge on any atom is -0.337 e. The van der Waals surface area contributed by atoms with Crippen molar-refractivity contribution in [3.05, 3.63) is 53.4 Å². The standard InChI is InChI=1S/C20H27FN4O.2ClH/c1-3-9-25(14-19-23-8-10-24(19)2)20(26)17-12-15(4-5-18(17)21)11-16-6-7-22-13-16;;/h4-5,8,10,12,16,22H,3,6-7,9,11,13-14H2,1-2H3;2*1H. The zero-order valence-electron chi connectivity index (χ0n) is 16.4. The van der Waals surface area contributed by atoms with Crippen molar-refractivity contribution in [1.29, 1.82) is 0 Å². The fraction of sp³-hybridized carbons (Fsp3) is 0.500. The van der Waals surface area contributed by atoms with Gasteiger partial charge in [0.1, 0.15) is 11.6 Å². The summed E-state index contributed by atoms with van der Waals surface area (Å²) in [4.78, 5) is 19.0. The van der Waals surface area contributed by atoms with E-state index in [0.29, 0.717) is 19.0 Å². The molecule has 0 radical (unpaired) electrons. The molecule has 0 bridgehead atoms. The Morgan fingerprint density at radius 3 is 2.79 bits per heavy atom. The minimum atomic E-state index is -0.454. The van der Waals surface area contributed by atoms with E-state index in [1.807, 2.05) is 24.7 Å². The van der Waals surface area contributed by atoms with E-state index in [9.17, 15) is 9.18 Å². The van der Waals surface area contributed by atoms with Gasteiger partial charge < -0.3 is 14.8 Å². The highest BCUT2D eigenvalue weighted by atomic mass is 35.5. The molecule has 1 aliphatic heterocycles. The van der Waals surface area contributed by atoms with Crippen LogP contribution in [0.25, 0.3) is 0 Å². The molecule has 1 fully saturated rings. The molecule has 1 unspecified atom stereocenters. The maximum absolute atomic E-state index is 14.4. The Bertz CT molecular complexity index is 762. The van der Waals surface area contributed by atoms with Gasteiger partial charge in [-0.3, -0.25) is 4.79 Å². The number of carbonyl (C=O) groups is 1. The van der Waals surface area contributed by atoms with Crippen LogP contribution in [0.3, 0.4) is 0 Å². The van der Waals surface area contributed by atoms with Gasteiger partial charge in [0.05, 0.1) is 12.1 Å². The molecule has 1 saturated heterocycles. The zero-order chi connectivity index (χ0) is 18.5. The van der Waals surface area contributed by atoms with Crippen molar-refractivity contribution >= 4 is 30.7 Å². The van der Waals surface area contributed by atoms with E-state index in [4.69, 9.17) is 0 Å². The average molecular weight is 431 g/mol. The lowest BCUT2D eigenvalue weighted by atomic mass is 9.97. The fourth-order valence-electron chi connectivity index (χ4n) is 3.50.